The molecule has 0 bridgehead atoms. The van der Waals surface area contributed by atoms with E-state index in [9.17, 15) is 26.7 Å². The molecule has 0 saturated heterocycles. The highest BCUT2D eigenvalue weighted by molar-refractivity contribution is 8.14. The Morgan fingerprint density at radius 3 is 2.52 bits per heavy atom. The molecule has 2 amide bonds. The summed E-state index contributed by atoms with van der Waals surface area (Å²) in [7, 11) is 0. The number of amides is 2. The number of nitrogens with zero attached hydrogens (tertiary/aromatic N) is 5. The fourth-order valence-corrected chi connectivity index (χ4v) is 5.24. The normalized spacial score (nSPS) is 15.0. The number of benzene rings is 3. The molecule has 8 nitrogen and oxygen atoms in total. The molecule has 44 heavy (non-hydrogen) atoms. The summed E-state index contributed by atoms with van der Waals surface area (Å²) in [5, 5.41) is 7.24. The molecule has 4 aromatic rings. The molecule has 228 valence electrons. The van der Waals surface area contributed by atoms with E-state index in [2.05, 4.69) is 25.1 Å². The minimum Gasteiger partial charge on any atom is -0.406 e. The van der Waals surface area contributed by atoms with Crippen LogP contribution in [0.2, 0.25) is 0 Å². The molecular formula is C30H26F5N6O2S+. The van der Waals surface area contributed by atoms with Crippen molar-refractivity contribution in [3.63, 3.8) is 0 Å². The van der Waals surface area contributed by atoms with Gasteiger partial charge in [-0.3, -0.25) is 0 Å². The Labute approximate surface area is 253 Å². The molecule has 3 aromatic carbocycles. The van der Waals surface area contributed by atoms with Crippen molar-refractivity contribution in [2.75, 3.05) is 12.3 Å². The van der Waals surface area contributed by atoms with Gasteiger partial charge in [0.15, 0.2) is 5.82 Å². The van der Waals surface area contributed by atoms with Crippen LogP contribution in [0.25, 0.3) is 17.1 Å². The number of halogens is 5. The Morgan fingerprint density at radius 2 is 1.84 bits per heavy atom. The summed E-state index contributed by atoms with van der Waals surface area (Å²) in [6.07, 6.45) is -3.04. The van der Waals surface area contributed by atoms with Gasteiger partial charge in [-0.1, -0.05) is 38.1 Å². The Hall–Kier alpha value is -4.59. The fourth-order valence-electron chi connectivity index (χ4n) is 4.41. The quantitative estimate of drug-likeness (QED) is 0.163. The fraction of sp³-hybridized carbons (Fsp3) is 0.233. The van der Waals surface area contributed by atoms with Crippen molar-refractivity contribution in [1.29, 1.82) is 0 Å². The van der Waals surface area contributed by atoms with Crippen LogP contribution < -0.4 is 10.1 Å². The van der Waals surface area contributed by atoms with E-state index < -0.39 is 18.6 Å². The number of alkyl halides is 4. The zero-order valence-corrected chi connectivity index (χ0v) is 24.2. The van der Waals surface area contributed by atoms with Gasteiger partial charge in [0.2, 0.25) is 0 Å². The van der Waals surface area contributed by atoms with Gasteiger partial charge in [-0.2, -0.15) is 4.58 Å². The van der Waals surface area contributed by atoms with E-state index in [1.54, 1.807) is 34.9 Å². The molecule has 0 radical (unpaired) electrons. The lowest BCUT2D eigenvalue weighted by Gasteiger charge is -2.11. The number of carbonyl (C=O) groups is 1. The Morgan fingerprint density at radius 1 is 1.11 bits per heavy atom. The molecule has 1 unspecified atom stereocenters. The highest BCUT2D eigenvalue weighted by Gasteiger charge is 2.31. The van der Waals surface area contributed by atoms with E-state index in [-0.39, 0.29) is 24.0 Å². The van der Waals surface area contributed by atoms with Crippen molar-refractivity contribution in [3.8, 4) is 22.8 Å². The molecule has 1 aliphatic rings. The molecule has 1 atom stereocenters. The number of rotatable bonds is 8. The molecule has 1 N–H and O–H groups in total. The Bertz CT molecular complexity index is 1700. The minimum atomic E-state index is -4.79. The third-order valence-electron chi connectivity index (χ3n) is 6.53. The largest absolute Gasteiger partial charge is 0.573 e. The van der Waals surface area contributed by atoms with Crippen LogP contribution in [0.15, 0.2) is 78.0 Å². The van der Waals surface area contributed by atoms with E-state index in [0.29, 0.717) is 33.6 Å². The molecule has 0 spiro atoms. The number of carbonyl (C=O) groups excluding carboxylic acids is 1. The number of ether oxygens (including phenoxy) is 1. The van der Waals surface area contributed by atoms with Crippen LogP contribution in [0.1, 0.15) is 37.1 Å². The van der Waals surface area contributed by atoms with Crippen LogP contribution >= 0.6 is 11.8 Å². The van der Waals surface area contributed by atoms with Crippen molar-refractivity contribution in [3.05, 3.63) is 90.0 Å². The molecule has 0 saturated carbocycles. The third kappa shape index (κ3) is 7.48. The second kappa shape index (κ2) is 13.0. The van der Waals surface area contributed by atoms with Gasteiger partial charge in [0.1, 0.15) is 29.8 Å². The zero-order valence-electron chi connectivity index (χ0n) is 23.4. The molecule has 14 heteroatoms. The first-order valence-corrected chi connectivity index (χ1v) is 14.4. The number of aromatic nitrogens is 3. The monoisotopic (exact) mass is 629 g/mol. The molecule has 2 heterocycles. The highest BCUT2D eigenvalue weighted by atomic mass is 32.2. The topological polar surface area (TPSA) is 84.4 Å². The van der Waals surface area contributed by atoms with Crippen molar-refractivity contribution in [2.24, 2.45) is 4.99 Å². The van der Waals surface area contributed by atoms with Crippen molar-refractivity contribution in [1.82, 2.24) is 20.1 Å². The van der Waals surface area contributed by atoms with Gasteiger partial charge in [-0.05, 0) is 65.7 Å². The lowest BCUT2D eigenvalue weighted by atomic mass is 10.0. The second-order valence-corrected chi connectivity index (χ2v) is 10.9. The summed E-state index contributed by atoms with van der Waals surface area (Å²) in [5.41, 5.74) is 2.88. The Balaban J connectivity index is 1.19. The maximum absolute atomic E-state index is 15.0. The summed E-state index contributed by atoms with van der Waals surface area (Å²) >= 11 is 1.34. The van der Waals surface area contributed by atoms with Gasteiger partial charge < -0.3 is 10.1 Å². The predicted octanol–water partition coefficient (Wildman–Crippen LogP) is 7.33. The van der Waals surface area contributed by atoms with Crippen LogP contribution in [-0.4, -0.2) is 55.4 Å². The van der Waals surface area contributed by atoms with Crippen LogP contribution in [0.4, 0.5) is 32.4 Å². The van der Waals surface area contributed by atoms with Crippen LogP contribution in [0.3, 0.4) is 0 Å². The van der Waals surface area contributed by atoms with Crippen molar-refractivity contribution < 1.29 is 36.1 Å². The van der Waals surface area contributed by atoms with E-state index in [4.69, 9.17) is 0 Å². The molecule has 1 aliphatic heterocycles. The van der Waals surface area contributed by atoms with Crippen molar-refractivity contribution >= 4 is 34.9 Å². The molecule has 0 fully saturated rings. The molecule has 0 aliphatic carbocycles. The molecule has 1 aromatic heterocycles. The first-order valence-electron chi connectivity index (χ1n) is 13.4. The maximum Gasteiger partial charge on any atom is 0.573 e. The van der Waals surface area contributed by atoms with Crippen LogP contribution in [-0.2, 0) is 0 Å². The lowest BCUT2D eigenvalue weighted by Crippen LogP contribution is -2.26. The van der Waals surface area contributed by atoms with Crippen LogP contribution in [0, 0.1) is 5.82 Å². The van der Waals surface area contributed by atoms with Gasteiger partial charge in [0.05, 0.1) is 24.2 Å². The summed E-state index contributed by atoms with van der Waals surface area (Å²) in [4.78, 5) is 20.9. The lowest BCUT2D eigenvalue weighted by molar-refractivity contribution is -0.292. The van der Waals surface area contributed by atoms with Crippen molar-refractivity contribution in [2.45, 2.75) is 32.3 Å². The van der Waals surface area contributed by atoms with E-state index in [0.717, 1.165) is 11.3 Å². The predicted molar refractivity (Wildman–Crippen MR) is 157 cm³/mol. The SMILES string of the molecule is CC(C)c1cc(F)ccc1[N+]1=CCSC1=NC(=O)NCC(F)c1ccc(-c2ncn(-c3ccc(OC(F)(F)F)cc3)n2)cc1. The smallest absolute Gasteiger partial charge is 0.406 e. The zero-order chi connectivity index (χ0) is 31.4. The first-order chi connectivity index (χ1) is 21.0. The molecular weight excluding hydrogens is 603 g/mol. The first kappa shape index (κ1) is 30.9. The number of aliphatic imine (C=N–C) groups is 1. The number of thioether (sulfide) groups is 1. The summed E-state index contributed by atoms with van der Waals surface area (Å²) in [6, 6.07) is 15.3. The van der Waals surface area contributed by atoms with E-state index >= 15 is 0 Å². The number of nitrogens with one attached hydrogen (secondary N) is 1. The van der Waals surface area contributed by atoms with Crippen LogP contribution in [0.5, 0.6) is 5.75 Å². The van der Waals surface area contributed by atoms with Gasteiger partial charge in [-0.25, -0.2) is 23.2 Å². The number of hydrogen-bond donors (Lipinski definition) is 1. The van der Waals surface area contributed by atoms with Gasteiger partial charge >= 0.3 is 17.6 Å². The van der Waals surface area contributed by atoms with Gasteiger partial charge in [-0.15, -0.1) is 18.3 Å². The number of amidine groups is 1. The Kier molecular flexibility index (Phi) is 9.09. The summed E-state index contributed by atoms with van der Waals surface area (Å²) in [6.45, 7) is 3.59. The number of urea groups is 1. The standard InChI is InChI=1S/C30H25F5N6O2S/c1-18(2)24-15-21(31)7-12-26(24)40-13-14-44-29(40)38-28(42)36-16-25(32)19-3-5-20(6-4-19)27-37-17-41(39-27)22-8-10-23(11-9-22)43-30(33,34)35/h3-13,15,17-18,25H,14,16H2,1-2H3/p+1. The number of hydrogen-bond acceptors (Lipinski definition) is 5. The maximum atomic E-state index is 15.0. The van der Waals surface area contributed by atoms with Gasteiger partial charge in [0, 0.05) is 16.1 Å². The highest BCUT2D eigenvalue weighted by Crippen LogP contribution is 2.31. The minimum absolute atomic E-state index is 0.0439. The average Bonchev–Trinajstić information content (AvgIpc) is 3.66. The molecule has 5 rings (SSSR count). The van der Waals surface area contributed by atoms with E-state index in [1.165, 1.54) is 59.2 Å². The third-order valence-corrected chi connectivity index (χ3v) is 7.40. The second-order valence-electron chi connectivity index (χ2n) is 9.95. The van der Waals surface area contributed by atoms with Gasteiger partial charge in [0.25, 0.3) is 0 Å². The summed E-state index contributed by atoms with van der Waals surface area (Å²) < 4.78 is 73.0. The van der Waals surface area contributed by atoms with E-state index in [1.807, 2.05) is 20.1 Å². The average molecular weight is 630 g/mol. The summed E-state index contributed by atoms with van der Waals surface area (Å²) in [5.74, 6) is 0.242.